The van der Waals surface area contributed by atoms with Gasteiger partial charge in [-0.25, -0.2) is 0 Å². The number of benzene rings is 1. The molecule has 2 heterocycles. The minimum atomic E-state index is 0.355. The van der Waals surface area contributed by atoms with E-state index in [1.807, 2.05) is 0 Å². The largest absolute Gasteiger partial charge is 0.493 e. The van der Waals surface area contributed by atoms with Crippen LogP contribution in [0, 0.1) is 5.92 Å². The third-order valence-electron chi connectivity index (χ3n) is 4.40. The molecule has 1 N–H and O–H groups in total. The summed E-state index contributed by atoms with van der Waals surface area (Å²) in [5.74, 6) is 1.67. The molecular weight excluding hydrogens is 250 g/mol. The molecule has 0 aromatic heterocycles. The van der Waals surface area contributed by atoms with E-state index < -0.39 is 0 Å². The van der Waals surface area contributed by atoms with E-state index in [0.29, 0.717) is 18.1 Å². The number of ether oxygens (including phenoxy) is 2. The summed E-state index contributed by atoms with van der Waals surface area (Å²) in [4.78, 5) is 0. The lowest BCUT2D eigenvalue weighted by molar-refractivity contribution is 0.116. The summed E-state index contributed by atoms with van der Waals surface area (Å²) in [6, 6.07) is 6.94. The highest BCUT2D eigenvalue weighted by atomic mass is 16.5. The minimum Gasteiger partial charge on any atom is -0.493 e. The number of rotatable bonds is 5. The second kappa shape index (κ2) is 6.15. The maximum Gasteiger partial charge on any atom is 0.127 e. The molecule has 1 fully saturated rings. The Bertz CT molecular complexity index is 460. The molecule has 0 bridgehead atoms. The third kappa shape index (κ3) is 2.70. The van der Waals surface area contributed by atoms with Gasteiger partial charge in [0.15, 0.2) is 0 Å². The van der Waals surface area contributed by atoms with Gasteiger partial charge < -0.3 is 14.8 Å². The summed E-state index contributed by atoms with van der Waals surface area (Å²) in [5.41, 5.74) is 2.69. The van der Waals surface area contributed by atoms with Gasteiger partial charge in [0, 0.05) is 23.9 Å². The fraction of sp³-hybridized carbons (Fsp3) is 0.647. The Kier molecular flexibility index (Phi) is 4.27. The zero-order valence-electron chi connectivity index (χ0n) is 12.5. The van der Waals surface area contributed by atoms with Crippen molar-refractivity contribution >= 4 is 0 Å². The molecule has 3 unspecified atom stereocenters. The summed E-state index contributed by atoms with van der Waals surface area (Å²) in [5, 5.41) is 3.72. The molecule has 0 radical (unpaired) electrons. The van der Waals surface area contributed by atoms with Crippen LogP contribution in [0.25, 0.3) is 0 Å². The lowest BCUT2D eigenvalue weighted by Crippen LogP contribution is -2.29. The Balaban J connectivity index is 1.87. The number of fused-ring (bicyclic) bond motifs is 1. The average Bonchev–Trinajstić information content (AvgIpc) is 3.08. The third-order valence-corrected chi connectivity index (χ3v) is 4.40. The van der Waals surface area contributed by atoms with Crippen molar-refractivity contribution in [2.24, 2.45) is 5.92 Å². The molecule has 3 rings (SSSR count). The van der Waals surface area contributed by atoms with Gasteiger partial charge in [-0.05, 0) is 31.9 Å². The summed E-state index contributed by atoms with van der Waals surface area (Å²) in [6.07, 6.45) is 3.70. The predicted molar refractivity (Wildman–Crippen MR) is 80.2 cm³/mol. The van der Waals surface area contributed by atoms with Crippen LogP contribution < -0.4 is 10.1 Å². The minimum absolute atomic E-state index is 0.355. The predicted octanol–water partition coefficient (Wildman–Crippen LogP) is 3.09. The molecule has 0 saturated carbocycles. The van der Waals surface area contributed by atoms with Crippen molar-refractivity contribution in [1.29, 1.82) is 0 Å². The first-order valence-corrected chi connectivity index (χ1v) is 7.89. The quantitative estimate of drug-likeness (QED) is 0.895. The van der Waals surface area contributed by atoms with Gasteiger partial charge in [0.2, 0.25) is 0 Å². The molecule has 3 nitrogen and oxygen atoms in total. The van der Waals surface area contributed by atoms with Crippen molar-refractivity contribution in [3.05, 3.63) is 29.3 Å². The van der Waals surface area contributed by atoms with Gasteiger partial charge >= 0.3 is 0 Å². The first-order chi connectivity index (χ1) is 9.79. The molecule has 1 saturated heterocycles. The van der Waals surface area contributed by atoms with E-state index in [1.165, 1.54) is 11.1 Å². The van der Waals surface area contributed by atoms with Gasteiger partial charge in [0.05, 0.1) is 19.3 Å². The Labute approximate surface area is 121 Å². The first-order valence-electron chi connectivity index (χ1n) is 7.89. The normalized spacial score (nSPS) is 26.3. The topological polar surface area (TPSA) is 30.5 Å². The Hall–Kier alpha value is -1.06. The molecule has 0 aliphatic carbocycles. The molecule has 1 aromatic carbocycles. The second-order valence-electron chi connectivity index (χ2n) is 6.01. The van der Waals surface area contributed by atoms with Crippen LogP contribution in [-0.2, 0) is 11.2 Å². The number of hydrogen-bond donors (Lipinski definition) is 1. The molecule has 2 aliphatic rings. The van der Waals surface area contributed by atoms with Crippen molar-refractivity contribution in [3.63, 3.8) is 0 Å². The Morgan fingerprint density at radius 3 is 3.05 bits per heavy atom. The van der Waals surface area contributed by atoms with Gasteiger partial charge in [-0.1, -0.05) is 25.1 Å². The number of para-hydroxylation sites is 1. The summed E-state index contributed by atoms with van der Waals surface area (Å²) in [6.45, 7) is 7.10. The molecule has 1 aromatic rings. The van der Waals surface area contributed by atoms with Crippen LogP contribution in [0.4, 0.5) is 0 Å². The Morgan fingerprint density at radius 1 is 1.40 bits per heavy atom. The first kappa shape index (κ1) is 13.9. The fourth-order valence-corrected chi connectivity index (χ4v) is 3.40. The second-order valence-corrected chi connectivity index (χ2v) is 6.01. The van der Waals surface area contributed by atoms with Gasteiger partial charge in [0.25, 0.3) is 0 Å². The van der Waals surface area contributed by atoms with Gasteiger partial charge in [-0.2, -0.15) is 0 Å². The Morgan fingerprint density at radius 2 is 2.30 bits per heavy atom. The van der Waals surface area contributed by atoms with Crippen molar-refractivity contribution in [3.8, 4) is 5.75 Å². The van der Waals surface area contributed by atoms with E-state index in [1.54, 1.807) is 0 Å². The fourth-order valence-electron chi connectivity index (χ4n) is 3.40. The summed E-state index contributed by atoms with van der Waals surface area (Å²) in [7, 11) is 0. The van der Waals surface area contributed by atoms with Crippen LogP contribution in [0.15, 0.2) is 18.2 Å². The van der Waals surface area contributed by atoms with Crippen LogP contribution >= 0.6 is 0 Å². The lowest BCUT2D eigenvalue weighted by Gasteiger charge is -2.26. The maximum absolute atomic E-state index is 5.90. The highest BCUT2D eigenvalue weighted by Gasteiger charge is 2.33. The van der Waals surface area contributed by atoms with Crippen molar-refractivity contribution in [2.45, 2.75) is 45.3 Å². The van der Waals surface area contributed by atoms with Crippen LogP contribution in [0.5, 0.6) is 5.75 Å². The van der Waals surface area contributed by atoms with Crippen molar-refractivity contribution in [1.82, 2.24) is 5.32 Å². The maximum atomic E-state index is 5.90. The summed E-state index contributed by atoms with van der Waals surface area (Å²) >= 11 is 0. The van der Waals surface area contributed by atoms with E-state index in [-0.39, 0.29) is 0 Å². The van der Waals surface area contributed by atoms with Gasteiger partial charge in [-0.15, -0.1) is 0 Å². The zero-order valence-corrected chi connectivity index (χ0v) is 12.5. The molecule has 3 heteroatoms. The molecule has 3 atom stereocenters. The molecule has 110 valence electrons. The van der Waals surface area contributed by atoms with Crippen LogP contribution in [0.2, 0.25) is 0 Å². The highest BCUT2D eigenvalue weighted by molar-refractivity contribution is 5.46. The molecule has 20 heavy (non-hydrogen) atoms. The smallest absolute Gasteiger partial charge is 0.127 e. The van der Waals surface area contributed by atoms with Gasteiger partial charge in [0.1, 0.15) is 5.75 Å². The lowest BCUT2D eigenvalue weighted by atomic mass is 9.89. The SMILES string of the molecule is CCCNC(c1cccc2c1OCC2)C1COC(C)C1. The van der Waals surface area contributed by atoms with Crippen LogP contribution in [0.1, 0.15) is 43.9 Å². The van der Waals surface area contributed by atoms with Crippen LogP contribution in [0.3, 0.4) is 0 Å². The zero-order chi connectivity index (χ0) is 13.9. The van der Waals surface area contributed by atoms with E-state index in [9.17, 15) is 0 Å². The summed E-state index contributed by atoms with van der Waals surface area (Å²) < 4.78 is 11.7. The van der Waals surface area contributed by atoms with E-state index in [4.69, 9.17) is 9.47 Å². The van der Waals surface area contributed by atoms with E-state index in [0.717, 1.165) is 44.8 Å². The van der Waals surface area contributed by atoms with Gasteiger partial charge in [-0.3, -0.25) is 0 Å². The highest BCUT2D eigenvalue weighted by Crippen LogP contribution is 2.39. The van der Waals surface area contributed by atoms with E-state index >= 15 is 0 Å². The van der Waals surface area contributed by atoms with E-state index in [2.05, 4.69) is 37.4 Å². The molecular formula is C17H25NO2. The standard InChI is InChI=1S/C17H25NO2/c1-3-8-18-16(14-10-12(2)20-11-14)15-6-4-5-13-7-9-19-17(13)15/h4-6,12,14,16,18H,3,7-11H2,1-2H3. The number of hydrogen-bond acceptors (Lipinski definition) is 3. The molecule has 0 amide bonds. The number of nitrogens with one attached hydrogen (secondary N) is 1. The van der Waals surface area contributed by atoms with Crippen LogP contribution in [-0.4, -0.2) is 25.9 Å². The van der Waals surface area contributed by atoms with Crippen molar-refractivity contribution < 1.29 is 9.47 Å². The molecule has 2 aliphatic heterocycles. The van der Waals surface area contributed by atoms with Crippen molar-refractivity contribution in [2.75, 3.05) is 19.8 Å². The monoisotopic (exact) mass is 275 g/mol. The average molecular weight is 275 g/mol. The molecule has 0 spiro atoms.